The number of nitrogens with zero attached hydrogens (tertiary/aromatic N) is 2. The molecule has 94 valence electrons. The Morgan fingerprint density at radius 2 is 2.29 bits per heavy atom. The number of aromatic nitrogens is 1. The SMILES string of the molecule is CC(C)CN(Cc1ccnc(NN)c1)C1CC1. The van der Waals surface area contributed by atoms with Crippen LogP contribution in [-0.4, -0.2) is 22.5 Å². The Bertz CT molecular complexity index is 360. The van der Waals surface area contributed by atoms with Gasteiger partial charge in [-0.15, -0.1) is 0 Å². The second-order valence-corrected chi connectivity index (χ2v) is 5.25. The third-order valence-electron chi connectivity index (χ3n) is 3.02. The van der Waals surface area contributed by atoms with Crippen LogP contribution in [0.25, 0.3) is 0 Å². The molecule has 0 aromatic carbocycles. The molecule has 3 N–H and O–H groups in total. The second kappa shape index (κ2) is 5.47. The fourth-order valence-electron chi connectivity index (χ4n) is 2.14. The van der Waals surface area contributed by atoms with Gasteiger partial charge in [0.05, 0.1) is 0 Å². The minimum absolute atomic E-state index is 0.713. The highest BCUT2D eigenvalue weighted by Gasteiger charge is 2.29. The lowest BCUT2D eigenvalue weighted by Gasteiger charge is -2.24. The lowest BCUT2D eigenvalue weighted by molar-refractivity contribution is 0.226. The molecule has 1 aliphatic rings. The topological polar surface area (TPSA) is 54.2 Å². The molecule has 1 aliphatic carbocycles. The zero-order valence-electron chi connectivity index (χ0n) is 10.7. The highest BCUT2D eigenvalue weighted by Crippen LogP contribution is 2.29. The van der Waals surface area contributed by atoms with Crippen LogP contribution in [0.5, 0.6) is 0 Å². The molecule has 2 rings (SSSR count). The van der Waals surface area contributed by atoms with Crippen LogP contribution in [0.2, 0.25) is 0 Å². The number of anilines is 1. The zero-order chi connectivity index (χ0) is 12.3. The van der Waals surface area contributed by atoms with Gasteiger partial charge in [-0.1, -0.05) is 13.8 Å². The Morgan fingerprint density at radius 3 is 2.88 bits per heavy atom. The monoisotopic (exact) mass is 234 g/mol. The molecule has 1 fully saturated rings. The van der Waals surface area contributed by atoms with E-state index in [4.69, 9.17) is 5.84 Å². The van der Waals surface area contributed by atoms with Gasteiger partial charge in [-0.3, -0.25) is 4.90 Å². The first-order valence-electron chi connectivity index (χ1n) is 6.34. The Balaban J connectivity index is 2.00. The maximum absolute atomic E-state index is 5.38. The minimum atomic E-state index is 0.713. The smallest absolute Gasteiger partial charge is 0.140 e. The summed E-state index contributed by atoms with van der Waals surface area (Å²) >= 11 is 0. The summed E-state index contributed by atoms with van der Waals surface area (Å²) in [7, 11) is 0. The van der Waals surface area contributed by atoms with E-state index >= 15 is 0 Å². The summed E-state index contributed by atoms with van der Waals surface area (Å²) in [5.74, 6) is 6.83. The highest BCUT2D eigenvalue weighted by molar-refractivity contribution is 5.35. The van der Waals surface area contributed by atoms with E-state index in [1.54, 1.807) is 0 Å². The Hall–Kier alpha value is -1.13. The van der Waals surface area contributed by atoms with E-state index in [1.807, 2.05) is 12.3 Å². The van der Waals surface area contributed by atoms with Crippen molar-refractivity contribution in [1.82, 2.24) is 9.88 Å². The molecule has 4 nitrogen and oxygen atoms in total. The van der Waals surface area contributed by atoms with Crippen molar-refractivity contribution >= 4 is 5.82 Å². The Labute approximate surface area is 103 Å². The van der Waals surface area contributed by atoms with E-state index < -0.39 is 0 Å². The fourth-order valence-corrected chi connectivity index (χ4v) is 2.14. The molecular formula is C13H22N4. The Kier molecular flexibility index (Phi) is 3.97. The van der Waals surface area contributed by atoms with E-state index in [2.05, 4.69) is 35.2 Å². The third kappa shape index (κ3) is 3.68. The number of rotatable bonds is 6. The second-order valence-electron chi connectivity index (χ2n) is 5.25. The van der Waals surface area contributed by atoms with Gasteiger partial charge in [0.1, 0.15) is 5.82 Å². The molecule has 0 atom stereocenters. The summed E-state index contributed by atoms with van der Waals surface area (Å²) in [6.07, 6.45) is 4.50. The van der Waals surface area contributed by atoms with Crippen LogP contribution in [0.1, 0.15) is 32.3 Å². The van der Waals surface area contributed by atoms with E-state index in [-0.39, 0.29) is 0 Å². The molecule has 4 heteroatoms. The molecule has 1 saturated carbocycles. The Morgan fingerprint density at radius 1 is 1.53 bits per heavy atom. The average molecular weight is 234 g/mol. The molecule has 1 heterocycles. The standard InChI is InChI=1S/C13H22N4/c1-10(2)8-17(12-3-4-12)9-11-5-6-15-13(7-11)16-14/h5-7,10,12H,3-4,8-9,14H2,1-2H3,(H,15,16). The number of hydrogen-bond acceptors (Lipinski definition) is 4. The molecule has 1 aromatic heterocycles. The van der Waals surface area contributed by atoms with Gasteiger partial charge >= 0.3 is 0 Å². The molecular weight excluding hydrogens is 212 g/mol. The van der Waals surface area contributed by atoms with Gasteiger partial charge in [0.15, 0.2) is 0 Å². The summed E-state index contributed by atoms with van der Waals surface area (Å²) in [6, 6.07) is 4.88. The minimum Gasteiger partial charge on any atom is -0.308 e. The van der Waals surface area contributed by atoms with Crippen molar-refractivity contribution < 1.29 is 0 Å². The molecule has 0 saturated heterocycles. The molecule has 0 bridgehead atoms. The van der Waals surface area contributed by atoms with Crippen molar-refractivity contribution in [2.24, 2.45) is 11.8 Å². The maximum atomic E-state index is 5.38. The van der Waals surface area contributed by atoms with Gasteiger partial charge in [0.2, 0.25) is 0 Å². The number of nitrogens with two attached hydrogens (primary N) is 1. The van der Waals surface area contributed by atoms with E-state index in [0.29, 0.717) is 5.92 Å². The first-order chi connectivity index (χ1) is 8.19. The maximum Gasteiger partial charge on any atom is 0.140 e. The first kappa shape index (κ1) is 12.3. The first-order valence-corrected chi connectivity index (χ1v) is 6.34. The van der Waals surface area contributed by atoms with Crippen LogP contribution in [0.15, 0.2) is 18.3 Å². The summed E-state index contributed by atoms with van der Waals surface area (Å²) in [5, 5.41) is 0. The van der Waals surface area contributed by atoms with Crippen LogP contribution in [0.4, 0.5) is 5.82 Å². The molecule has 0 amide bonds. The highest BCUT2D eigenvalue weighted by atomic mass is 15.2. The van der Waals surface area contributed by atoms with Crippen molar-refractivity contribution in [2.75, 3.05) is 12.0 Å². The normalized spacial score (nSPS) is 15.6. The predicted molar refractivity (Wildman–Crippen MR) is 70.3 cm³/mol. The van der Waals surface area contributed by atoms with Crippen molar-refractivity contribution in [3.8, 4) is 0 Å². The third-order valence-corrected chi connectivity index (χ3v) is 3.02. The average Bonchev–Trinajstić information content (AvgIpc) is 3.12. The fraction of sp³-hybridized carbons (Fsp3) is 0.615. The lowest BCUT2D eigenvalue weighted by atomic mass is 10.1. The lowest BCUT2D eigenvalue weighted by Crippen LogP contribution is -2.29. The van der Waals surface area contributed by atoms with Crippen LogP contribution in [0.3, 0.4) is 0 Å². The van der Waals surface area contributed by atoms with Crippen LogP contribution in [0, 0.1) is 5.92 Å². The van der Waals surface area contributed by atoms with Gasteiger partial charge in [-0.2, -0.15) is 0 Å². The van der Waals surface area contributed by atoms with Gasteiger partial charge < -0.3 is 5.43 Å². The van der Waals surface area contributed by atoms with E-state index in [1.165, 1.54) is 24.9 Å². The number of hydrazine groups is 1. The van der Waals surface area contributed by atoms with Crippen molar-refractivity contribution in [3.05, 3.63) is 23.9 Å². The predicted octanol–water partition coefficient (Wildman–Crippen LogP) is 1.99. The van der Waals surface area contributed by atoms with Crippen LogP contribution < -0.4 is 11.3 Å². The van der Waals surface area contributed by atoms with Gasteiger partial charge in [-0.05, 0) is 36.5 Å². The van der Waals surface area contributed by atoms with Gasteiger partial charge in [0, 0.05) is 25.3 Å². The van der Waals surface area contributed by atoms with Crippen LogP contribution >= 0.6 is 0 Å². The van der Waals surface area contributed by atoms with Crippen molar-refractivity contribution in [3.63, 3.8) is 0 Å². The van der Waals surface area contributed by atoms with E-state index in [0.717, 1.165) is 18.4 Å². The summed E-state index contributed by atoms with van der Waals surface area (Å²) < 4.78 is 0. The van der Waals surface area contributed by atoms with Crippen molar-refractivity contribution in [1.29, 1.82) is 0 Å². The molecule has 17 heavy (non-hydrogen) atoms. The van der Waals surface area contributed by atoms with Crippen molar-refractivity contribution in [2.45, 2.75) is 39.3 Å². The molecule has 0 radical (unpaired) electrons. The molecule has 0 unspecified atom stereocenters. The molecule has 1 aromatic rings. The number of nitrogens with one attached hydrogen (secondary N) is 1. The van der Waals surface area contributed by atoms with Gasteiger partial charge in [-0.25, -0.2) is 10.8 Å². The zero-order valence-corrected chi connectivity index (χ0v) is 10.7. The summed E-state index contributed by atoms with van der Waals surface area (Å²) in [6.45, 7) is 6.71. The molecule has 0 aliphatic heterocycles. The number of pyridine rings is 1. The van der Waals surface area contributed by atoms with Gasteiger partial charge in [0.25, 0.3) is 0 Å². The summed E-state index contributed by atoms with van der Waals surface area (Å²) in [4.78, 5) is 6.70. The largest absolute Gasteiger partial charge is 0.308 e. The van der Waals surface area contributed by atoms with E-state index in [9.17, 15) is 0 Å². The summed E-state index contributed by atoms with van der Waals surface area (Å²) in [5.41, 5.74) is 3.87. The number of hydrogen-bond donors (Lipinski definition) is 2. The number of nitrogen functional groups attached to an aromatic ring is 1. The molecule has 0 spiro atoms. The quantitative estimate of drug-likeness (QED) is 0.584. The van der Waals surface area contributed by atoms with Crippen LogP contribution in [-0.2, 0) is 6.54 Å².